The van der Waals surface area contributed by atoms with Crippen LogP contribution in [0.25, 0.3) is 0 Å². The van der Waals surface area contributed by atoms with Gasteiger partial charge in [-0.15, -0.1) is 11.3 Å². The minimum absolute atomic E-state index is 0.266. The quantitative estimate of drug-likeness (QED) is 0.549. The maximum atomic E-state index is 12.6. The van der Waals surface area contributed by atoms with Gasteiger partial charge in [-0.1, -0.05) is 17.7 Å². The summed E-state index contributed by atoms with van der Waals surface area (Å²) in [4.78, 5) is 52.9. The lowest BCUT2D eigenvalue weighted by Gasteiger charge is -2.22. The van der Waals surface area contributed by atoms with Crippen LogP contribution < -0.4 is 0 Å². The number of carbonyl (C=O) groups excluding carboxylic acids is 4. The number of nitrogens with zero attached hydrogens (tertiary/aromatic N) is 2. The first-order chi connectivity index (χ1) is 13.3. The van der Waals surface area contributed by atoms with Crippen LogP contribution in [-0.2, 0) is 20.9 Å². The number of imide groups is 1. The second-order valence-corrected chi connectivity index (χ2v) is 7.67. The van der Waals surface area contributed by atoms with Gasteiger partial charge in [-0.25, -0.2) is 4.79 Å². The van der Waals surface area contributed by atoms with Gasteiger partial charge in [0.05, 0.1) is 17.7 Å². The van der Waals surface area contributed by atoms with Crippen LogP contribution in [0.4, 0.5) is 0 Å². The molecule has 1 aromatic carbocycles. The van der Waals surface area contributed by atoms with Crippen molar-refractivity contribution in [1.29, 1.82) is 0 Å². The van der Waals surface area contributed by atoms with Gasteiger partial charge < -0.3 is 9.64 Å². The third-order valence-electron chi connectivity index (χ3n) is 4.54. The number of thiophene rings is 1. The summed E-state index contributed by atoms with van der Waals surface area (Å²) in [5.41, 5.74) is 1.38. The summed E-state index contributed by atoms with van der Waals surface area (Å²) in [6.07, 6.45) is 0. The average Bonchev–Trinajstić information content (AvgIpc) is 3.25. The van der Waals surface area contributed by atoms with E-state index < -0.39 is 30.4 Å². The van der Waals surface area contributed by atoms with Gasteiger partial charge in [-0.2, -0.15) is 0 Å². The minimum Gasteiger partial charge on any atom is -0.454 e. The Morgan fingerprint density at radius 1 is 1.18 bits per heavy atom. The Morgan fingerprint density at radius 2 is 1.89 bits per heavy atom. The van der Waals surface area contributed by atoms with Crippen molar-refractivity contribution in [2.75, 3.05) is 13.7 Å². The molecule has 0 spiro atoms. The molecule has 0 bridgehead atoms. The lowest BCUT2D eigenvalue weighted by molar-refractivity contribution is -0.154. The molecule has 0 saturated carbocycles. The maximum Gasteiger partial charge on any atom is 0.329 e. The number of ether oxygens (including phenoxy) is 1. The van der Waals surface area contributed by atoms with Crippen LogP contribution in [0.5, 0.6) is 0 Å². The number of aryl methyl sites for hydroxylation is 1. The zero-order chi connectivity index (χ0) is 20.4. The number of hydrogen-bond donors (Lipinski definition) is 0. The first-order valence-electron chi connectivity index (χ1n) is 8.71. The predicted octanol–water partition coefficient (Wildman–Crippen LogP) is 2.24. The Bertz CT molecular complexity index is 938. The number of esters is 1. The van der Waals surface area contributed by atoms with Crippen LogP contribution in [0.1, 0.15) is 38.1 Å². The van der Waals surface area contributed by atoms with Gasteiger partial charge in [0.2, 0.25) is 0 Å². The van der Waals surface area contributed by atoms with Crippen LogP contribution in [0.15, 0.2) is 35.7 Å². The number of amides is 3. The predicted molar refractivity (Wildman–Crippen MR) is 103 cm³/mol. The summed E-state index contributed by atoms with van der Waals surface area (Å²) in [6, 6.07) is 7.61. The zero-order valence-corrected chi connectivity index (χ0v) is 16.6. The normalized spacial score (nSPS) is 14.0. The molecule has 2 heterocycles. The van der Waals surface area contributed by atoms with Crippen molar-refractivity contribution in [3.8, 4) is 0 Å². The first-order valence-corrected chi connectivity index (χ1v) is 9.59. The monoisotopic (exact) mass is 400 g/mol. The fourth-order valence-electron chi connectivity index (χ4n) is 2.92. The molecule has 3 rings (SSSR count). The Balaban J connectivity index is 1.60. The third kappa shape index (κ3) is 3.82. The molecule has 0 fully saturated rings. The molecule has 28 heavy (non-hydrogen) atoms. The molecule has 146 valence electrons. The van der Waals surface area contributed by atoms with Gasteiger partial charge in [0, 0.05) is 11.9 Å². The van der Waals surface area contributed by atoms with E-state index in [1.54, 1.807) is 25.2 Å². The molecule has 0 N–H and O–H groups in total. The van der Waals surface area contributed by atoms with Crippen molar-refractivity contribution < 1.29 is 23.9 Å². The lowest BCUT2D eigenvalue weighted by atomic mass is 10.1. The summed E-state index contributed by atoms with van der Waals surface area (Å²) >= 11 is 1.53. The smallest absolute Gasteiger partial charge is 0.329 e. The Labute approximate surface area is 166 Å². The fraction of sp³-hybridized carbons (Fsp3) is 0.300. The van der Waals surface area contributed by atoms with Gasteiger partial charge in [0.1, 0.15) is 6.04 Å². The third-order valence-corrected chi connectivity index (χ3v) is 5.40. The van der Waals surface area contributed by atoms with E-state index in [1.807, 2.05) is 24.4 Å². The van der Waals surface area contributed by atoms with E-state index in [2.05, 4.69) is 0 Å². The molecular weight excluding hydrogens is 380 g/mol. The highest BCUT2D eigenvalue weighted by Crippen LogP contribution is 2.26. The van der Waals surface area contributed by atoms with E-state index in [-0.39, 0.29) is 17.0 Å². The molecule has 7 nitrogen and oxygen atoms in total. The largest absolute Gasteiger partial charge is 0.454 e. The number of rotatable bonds is 6. The molecular formula is C20H20N2O5S. The topological polar surface area (TPSA) is 84.0 Å². The SMILES string of the molecule is Cc1ccc2c(c1)C(=O)N(C(C)C(=O)OCC(=O)N(C)Cc1cccs1)C2=O. The van der Waals surface area contributed by atoms with E-state index in [0.717, 1.165) is 15.3 Å². The molecule has 2 aromatic rings. The molecule has 1 unspecified atom stereocenters. The van der Waals surface area contributed by atoms with E-state index in [1.165, 1.54) is 23.2 Å². The standard InChI is InChI=1S/C20H20N2O5S/c1-12-6-7-15-16(9-12)19(25)22(18(15)24)13(2)20(26)27-11-17(23)21(3)10-14-5-4-8-28-14/h4-9,13H,10-11H2,1-3H3. The average molecular weight is 400 g/mol. The van der Waals surface area contributed by atoms with E-state index >= 15 is 0 Å². The molecule has 8 heteroatoms. The molecule has 1 aliphatic heterocycles. The molecule has 3 amide bonds. The van der Waals surface area contributed by atoms with Crippen molar-refractivity contribution in [3.05, 3.63) is 57.3 Å². The van der Waals surface area contributed by atoms with Crippen molar-refractivity contribution in [1.82, 2.24) is 9.80 Å². The Morgan fingerprint density at radius 3 is 2.57 bits per heavy atom. The van der Waals surface area contributed by atoms with Gasteiger partial charge in [0.15, 0.2) is 6.61 Å². The summed E-state index contributed by atoms with van der Waals surface area (Å²) < 4.78 is 5.06. The maximum absolute atomic E-state index is 12.6. The van der Waals surface area contributed by atoms with Crippen LogP contribution in [0, 0.1) is 6.92 Å². The Hall–Kier alpha value is -3.00. The molecule has 0 aliphatic carbocycles. The molecule has 0 radical (unpaired) electrons. The molecule has 1 aromatic heterocycles. The number of fused-ring (bicyclic) bond motifs is 1. The fourth-order valence-corrected chi connectivity index (χ4v) is 3.68. The van der Waals surface area contributed by atoms with Gasteiger partial charge in [-0.3, -0.25) is 19.3 Å². The Kier molecular flexibility index (Phi) is 5.60. The second-order valence-electron chi connectivity index (χ2n) is 6.64. The summed E-state index contributed by atoms with van der Waals surface area (Å²) in [7, 11) is 1.62. The second kappa shape index (κ2) is 7.93. The molecule has 1 aliphatic rings. The number of benzene rings is 1. The van der Waals surface area contributed by atoms with Crippen molar-refractivity contribution >= 4 is 35.0 Å². The number of likely N-dealkylation sites (N-methyl/N-ethyl adjacent to an activating group) is 1. The highest BCUT2D eigenvalue weighted by Gasteiger charge is 2.41. The number of hydrogen-bond acceptors (Lipinski definition) is 6. The van der Waals surface area contributed by atoms with Crippen LogP contribution in [0.3, 0.4) is 0 Å². The van der Waals surface area contributed by atoms with Gasteiger partial charge >= 0.3 is 5.97 Å². The van der Waals surface area contributed by atoms with E-state index in [0.29, 0.717) is 6.54 Å². The molecule has 0 saturated heterocycles. The summed E-state index contributed by atoms with van der Waals surface area (Å²) in [5, 5.41) is 1.92. The van der Waals surface area contributed by atoms with Gasteiger partial charge in [-0.05, 0) is 37.4 Å². The zero-order valence-electron chi connectivity index (χ0n) is 15.8. The van der Waals surface area contributed by atoms with Crippen molar-refractivity contribution in [2.24, 2.45) is 0 Å². The lowest BCUT2D eigenvalue weighted by Crippen LogP contribution is -2.44. The highest BCUT2D eigenvalue weighted by molar-refractivity contribution is 7.09. The van der Waals surface area contributed by atoms with E-state index in [4.69, 9.17) is 4.74 Å². The first kappa shape index (κ1) is 19.8. The highest BCUT2D eigenvalue weighted by atomic mass is 32.1. The number of carbonyl (C=O) groups is 4. The van der Waals surface area contributed by atoms with Crippen molar-refractivity contribution in [3.63, 3.8) is 0 Å². The van der Waals surface area contributed by atoms with Gasteiger partial charge in [0.25, 0.3) is 17.7 Å². The van der Waals surface area contributed by atoms with Crippen molar-refractivity contribution in [2.45, 2.75) is 26.4 Å². The van der Waals surface area contributed by atoms with Crippen LogP contribution >= 0.6 is 11.3 Å². The van der Waals surface area contributed by atoms with E-state index in [9.17, 15) is 19.2 Å². The van der Waals surface area contributed by atoms with Crippen LogP contribution in [-0.4, -0.2) is 53.2 Å². The minimum atomic E-state index is -1.12. The summed E-state index contributed by atoms with van der Waals surface area (Å²) in [6.45, 7) is 3.20. The van der Waals surface area contributed by atoms with Crippen LogP contribution in [0.2, 0.25) is 0 Å². The molecule has 1 atom stereocenters. The summed E-state index contributed by atoms with van der Waals surface area (Å²) in [5.74, 6) is -2.24.